The maximum Gasteiger partial charge on any atom is 0.322 e. The van der Waals surface area contributed by atoms with Gasteiger partial charge in [-0.3, -0.25) is 14.9 Å². The summed E-state index contributed by atoms with van der Waals surface area (Å²) >= 11 is 5.98. The van der Waals surface area contributed by atoms with Gasteiger partial charge in [-0.1, -0.05) is 34.9 Å². The maximum absolute atomic E-state index is 12.6. The Kier molecular flexibility index (Phi) is 6.14. The molecule has 0 atom stereocenters. The lowest BCUT2D eigenvalue weighted by Crippen LogP contribution is -2.14. The molecular weight excluding hydrogens is 432 g/mol. The van der Waals surface area contributed by atoms with Crippen LogP contribution in [0.2, 0.25) is 5.02 Å². The number of aromatic nitrogens is 2. The van der Waals surface area contributed by atoms with Crippen molar-refractivity contribution >= 4 is 35.1 Å². The number of rotatable bonds is 6. The fourth-order valence-corrected chi connectivity index (χ4v) is 3.07. The van der Waals surface area contributed by atoms with E-state index in [0.717, 1.165) is 5.56 Å². The molecule has 2 amide bonds. The molecule has 2 N–H and O–H groups in total. The zero-order chi connectivity index (χ0) is 22.5. The van der Waals surface area contributed by atoms with Gasteiger partial charge in [-0.2, -0.15) is 0 Å². The van der Waals surface area contributed by atoms with E-state index in [-0.39, 0.29) is 11.9 Å². The van der Waals surface area contributed by atoms with E-state index in [1.807, 2.05) is 30.3 Å². The molecule has 4 rings (SSSR count). The molecule has 0 fully saturated rings. The third-order valence-corrected chi connectivity index (χ3v) is 4.71. The number of carbonyl (C=O) groups excluding carboxylic acids is 2. The predicted octanol–water partition coefficient (Wildman–Crippen LogP) is 4.90. The van der Waals surface area contributed by atoms with E-state index in [4.69, 9.17) is 20.8 Å². The quantitative estimate of drug-likeness (QED) is 0.434. The van der Waals surface area contributed by atoms with Crippen LogP contribution in [-0.2, 0) is 0 Å². The highest BCUT2D eigenvalue weighted by Crippen LogP contribution is 2.24. The molecule has 0 saturated carbocycles. The standard InChI is InChI=1S/C23H17ClN4O4/c1-31-19-12-9-16(24)13-18(19)21(30)25-17-10-7-14(8-11-17)20(29)26-23-28-27-22(32-23)15-5-3-2-4-6-15/h2-13H,1H3,(H,25,30)(H,26,28,29). The fourth-order valence-electron chi connectivity index (χ4n) is 2.90. The Morgan fingerprint density at radius 3 is 2.38 bits per heavy atom. The van der Waals surface area contributed by atoms with Gasteiger partial charge in [0.15, 0.2) is 0 Å². The minimum absolute atomic E-state index is 0.0146. The van der Waals surface area contributed by atoms with E-state index >= 15 is 0 Å². The Bertz CT molecular complexity index is 1260. The van der Waals surface area contributed by atoms with Gasteiger partial charge in [-0.05, 0) is 54.6 Å². The molecule has 8 nitrogen and oxygen atoms in total. The normalized spacial score (nSPS) is 10.4. The average Bonchev–Trinajstić information content (AvgIpc) is 3.28. The molecular formula is C23H17ClN4O4. The van der Waals surface area contributed by atoms with Gasteiger partial charge in [0.25, 0.3) is 11.8 Å². The second kappa shape index (κ2) is 9.32. The highest BCUT2D eigenvalue weighted by atomic mass is 35.5. The van der Waals surface area contributed by atoms with E-state index in [1.54, 1.807) is 36.4 Å². The Morgan fingerprint density at radius 2 is 1.66 bits per heavy atom. The number of methoxy groups -OCH3 is 1. The molecule has 0 unspecified atom stereocenters. The Morgan fingerprint density at radius 1 is 0.906 bits per heavy atom. The lowest BCUT2D eigenvalue weighted by atomic mass is 10.1. The monoisotopic (exact) mass is 448 g/mol. The number of nitrogens with one attached hydrogen (secondary N) is 2. The van der Waals surface area contributed by atoms with Crippen molar-refractivity contribution < 1.29 is 18.7 Å². The zero-order valence-corrected chi connectivity index (χ0v) is 17.6. The first-order valence-electron chi connectivity index (χ1n) is 9.49. The van der Waals surface area contributed by atoms with Gasteiger partial charge >= 0.3 is 6.01 Å². The second-order valence-electron chi connectivity index (χ2n) is 6.61. The van der Waals surface area contributed by atoms with Crippen molar-refractivity contribution in [2.45, 2.75) is 0 Å². The number of hydrogen-bond acceptors (Lipinski definition) is 6. The van der Waals surface area contributed by atoms with Crippen LogP contribution in [0, 0.1) is 0 Å². The lowest BCUT2D eigenvalue weighted by molar-refractivity contribution is 0.101. The van der Waals surface area contributed by atoms with Gasteiger partial charge in [0.2, 0.25) is 5.89 Å². The van der Waals surface area contributed by atoms with Crippen LogP contribution in [0.3, 0.4) is 0 Å². The number of amides is 2. The van der Waals surface area contributed by atoms with E-state index < -0.39 is 5.91 Å². The minimum Gasteiger partial charge on any atom is -0.496 e. The number of halogens is 1. The molecule has 0 aliphatic carbocycles. The van der Waals surface area contributed by atoms with Crippen molar-refractivity contribution in [3.63, 3.8) is 0 Å². The summed E-state index contributed by atoms with van der Waals surface area (Å²) in [7, 11) is 1.47. The van der Waals surface area contributed by atoms with Gasteiger partial charge in [-0.15, -0.1) is 5.10 Å². The summed E-state index contributed by atoms with van der Waals surface area (Å²) in [6.45, 7) is 0. The molecule has 0 bridgehead atoms. The smallest absolute Gasteiger partial charge is 0.322 e. The van der Waals surface area contributed by atoms with Gasteiger partial charge in [0.05, 0.1) is 12.7 Å². The van der Waals surface area contributed by atoms with Gasteiger partial charge in [0, 0.05) is 21.8 Å². The molecule has 3 aromatic carbocycles. The molecule has 0 saturated heterocycles. The van der Waals surface area contributed by atoms with Crippen molar-refractivity contribution in [3.05, 3.63) is 88.9 Å². The lowest BCUT2D eigenvalue weighted by Gasteiger charge is -2.10. The van der Waals surface area contributed by atoms with Crippen molar-refractivity contribution in [2.24, 2.45) is 0 Å². The van der Waals surface area contributed by atoms with Crippen LogP contribution in [0.1, 0.15) is 20.7 Å². The molecule has 0 radical (unpaired) electrons. The zero-order valence-electron chi connectivity index (χ0n) is 16.8. The number of nitrogens with zero attached hydrogens (tertiary/aromatic N) is 2. The van der Waals surface area contributed by atoms with Gasteiger partial charge in [0.1, 0.15) is 5.75 Å². The molecule has 160 valence electrons. The molecule has 0 aliphatic heterocycles. The summed E-state index contributed by atoms with van der Waals surface area (Å²) in [5.74, 6) is -0.115. The van der Waals surface area contributed by atoms with Crippen molar-refractivity contribution in [1.82, 2.24) is 10.2 Å². The number of carbonyl (C=O) groups is 2. The Balaban J connectivity index is 1.41. The third-order valence-electron chi connectivity index (χ3n) is 4.48. The number of hydrogen-bond donors (Lipinski definition) is 2. The highest BCUT2D eigenvalue weighted by Gasteiger charge is 2.15. The van der Waals surface area contributed by atoms with E-state index in [1.165, 1.54) is 13.2 Å². The summed E-state index contributed by atoms with van der Waals surface area (Å²) < 4.78 is 10.7. The second-order valence-corrected chi connectivity index (χ2v) is 7.05. The fraction of sp³-hybridized carbons (Fsp3) is 0.0435. The van der Waals surface area contributed by atoms with E-state index in [9.17, 15) is 9.59 Å². The van der Waals surface area contributed by atoms with Gasteiger partial charge < -0.3 is 14.5 Å². The van der Waals surface area contributed by atoms with E-state index in [2.05, 4.69) is 20.8 Å². The molecule has 1 aromatic heterocycles. The average molecular weight is 449 g/mol. The highest BCUT2D eigenvalue weighted by molar-refractivity contribution is 6.31. The maximum atomic E-state index is 12.6. The predicted molar refractivity (Wildman–Crippen MR) is 120 cm³/mol. The first-order chi connectivity index (χ1) is 15.5. The van der Waals surface area contributed by atoms with Crippen molar-refractivity contribution in [2.75, 3.05) is 17.7 Å². The Hall–Kier alpha value is -4.17. The summed E-state index contributed by atoms with van der Waals surface area (Å²) in [5.41, 5.74) is 1.89. The number of anilines is 2. The van der Waals surface area contributed by atoms with Crippen molar-refractivity contribution in [1.29, 1.82) is 0 Å². The number of benzene rings is 3. The van der Waals surface area contributed by atoms with Crippen molar-refractivity contribution in [3.8, 4) is 17.2 Å². The minimum atomic E-state index is -0.428. The van der Waals surface area contributed by atoms with Crippen LogP contribution in [0.5, 0.6) is 5.75 Å². The molecule has 0 aliphatic rings. The molecule has 32 heavy (non-hydrogen) atoms. The first kappa shape index (κ1) is 21.1. The topological polar surface area (TPSA) is 106 Å². The molecule has 1 heterocycles. The SMILES string of the molecule is COc1ccc(Cl)cc1C(=O)Nc1ccc(C(=O)Nc2nnc(-c3ccccc3)o2)cc1. The van der Waals surface area contributed by atoms with Crippen LogP contribution in [0.25, 0.3) is 11.5 Å². The Labute approximate surface area is 188 Å². The summed E-state index contributed by atoms with van der Waals surface area (Å²) in [6, 6.07) is 20.3. The van der Waals surface area contributed by atoms with Gasteiger partial charge in [-0.25, -0.2) is 0 Å². The summed E-state index contributed by atoms with van der Waals surface area (Å²) in [5, 5.41) is 13.5. The molecule has 4 aromatic rings. The van der Waals surface area contributed by atoms with Crippen LogP contribution < -0.4 is 15.4 Å². The summed E-state index contributed by atoms with van der Waals surface area (Å²) in [6.07, 6.45) is 0. The first-order valence-corrected chi connectivity index (χ1v) is 9.86. The van der Waals surface area contributed by atoms with E-state index in [0.29, 0.717) is 33.5 Å². The van der Waals surface area contributed by atoms with Crippen LogP contribution in [-0.4, -0.2) is 29.1 Å². The van der Waals surface area contributed by atoms with Crippen LogP contribution in [0.4, 0.5) is 11.7 Å². The number of ether oxygens (including phenoxy) is 1. The molecule has 9 heteroatoms. The van der Waals surface area contributed by atoms with Crippen LogP contribution >= 0.6 is 11.6 Å². The third kappa shape index (κ3) is 4.76. The molecule has 0 spiro atoms. The summed E-state index contributed by atoms with van der Waals surface area (Å²) in [4.78, 5) is 25.0. The largest absolute Gasteiger partial charge is 0.496 e. The van der Waals surface area contributed by atoms with Crippen LogP contribution in [0.15, 0.2) is 77.2 Å².